The molecule has 0 bridgehead atoms. The Kier molecular flexibility index (Phi) is 8.23. The van der Waals surface area contributed by atoms with Crippen LogP contribution in [0.15, 0.2) is 66.0 Å². The predicted octanol–water partition coefficient (Wildman–Crippen LogP) is 1.35. The van der Waals surface area contributed by atoms with Crippen LogP contribution in [0.3, 0.4) is 0 Å². The van der Waals surface area contributed by atoms with Crippen LogP contribution < -0.4 is 20.3 Å². The van der Waals surface area contributed by atoms with Crippen LogP contribution in [0, 0.1) is 6.92 Å². The van der Waals surface area contributed by atoms with Crippen LogP contribution in [-0.4, -0.2) is 58.0 Å². The van der Waals surface area contributed by atoms with Gasteiger partial charge in [0, 0.05) is 37.8 Å². The largest absolute Gasteiger partial charge is 0.492 e. The quantitative estimate of drug-likeness (QED) is 0.470. The molecular formula is C23H27N5O5. The van der Waals surface area contributed by atoms with E-state index in [1.165, 1.54) is 40.1 Å². The Morgan fingerprint density at radius 3 is 2.55 bits per heavy atom. The highest BCUT2D eigenvalue weighted by Gasteiger charge is 2.12. The second-order valence-corrected chi connectivity index (χ2v) is 7.43. The summed E-state index contributed by atoms with van der Waals surface area (Å²) in [7, 11) is 1.70. The van der Waals surface area contributed by atoms with Crippen molar-refractivity contribution in [3.8, 4) is 5.75 Å². The van der Waals surface area contributed by atoms with Crippen molar-refractivity contribution in [2.45, 2.75) is 19.9 Å². The van der Waals surface area contributed by atoms with Gasteiger partial charge in [-0.1, -0.05) is 17.7 Å². The van der Waals surface area contributed by atoms with Gasteiger partial charge in [-0.05, 0) is 19.1 Å². The first kappa shape index (κ1) is 23.6. The van der Waals surface area contributed by atoms with Crippen LogP contribution >= 0.6 is 0 Å². The Morgan fingerprint density at radius 2 is 1.82 bits per heavy atom. The lowest BCUT2D eigenvalue weighted by atomic mass is 10.2. The van der Waals surface area contributed by atoms with Crippen molar-refractivity contribution in [1.82, 2.24) is 19.4 Å². The number of hydrogen-bond donors (Lipinski definition) is 1. The number of nitrogens with zero attached hydrogens (tertiary/aromatic N) is 4. The third-order valence-electron chi connectivity index (χ3n) is 4.70. The molecule has 3 aromatic rings. The highest BCUT2D eigenvalue weighted by molar-refractivity contribution is 5.90. The number of benzene rings is 1. The zero-order valence-electron chi connectivity index (χ0n) is 18.6. The molecule has 0 aliphatic heterocycles. The van der Waals surface area contributed by atoms with Crippen LogP contribution in [0.25, 0.3) is 0 Å². The summed E-state index contributed by atoms with van der Waals surface area (Å²) < 4.78 is 8.48. The van der Waals surface area contributed by atoms with E-state index >= 15 is 0 Å². The third kappa shape index (κ3) is 7.84. The Bertz CT molecular complexity index is 1100. The van der Waals surface area contributed by atoms with Crippen molar-refractivity contribution in [3.63, 3.8) is 0 Å². The van der Waals surface area contributed by atoms with E-state index < -0.39 is 0 Å². The number of anilines is 1. The molecular weight excluding hydrogens is 426 g/mol. The fourth-order valence-electron chi connectivity index (χ4n) is 2.79. The maximum Gasteiger partial charge on any atom is 0.244 e. The van der Waals surface area contributed by atoms with Crippen LogP contribution in [-0.2, 0) is 16.1 Å². The fraction of sp³-hybridized carbons (Fsp3) is 0.304. The van der Waals surface area contributed by atoms with Crippen molar-refractivity contribution in [2.75, 3.05) is 32.1 Å². The van der Waals surface area contributed by atoms with Crippen LogP contribution in [0.1, 0.15) is 12.0 Å². The number of carbonyl (C=O) groups is 2. The SMILES string of the molecule is Cc1ccc(OCCN(C)C(=O)Cn2cc(NC(=O)CCOn3ccc(=O)cc3)cn2)cc1. The van der Waals surface area contributed by atoms with E-state index in [0.717, 1.165) is 11.3 Å². The number of nitrogens with one attached hydrogen (secondary N) is 1. The van der Waals surface area contributed by atoms with Gasteiger partial charge < -0.3 is 19.8 Å². The summed E-state index contributed by atoms with van der Waals surface area (Å²) >= 11 is 0. The molecule has 33 heavy (non-hydrogen) atoms. The van der Waals surface area contributed by atoms with Gasteiger partial charge in [-0.2, -0.15) is 9.83 Å². The topological polar surface area (TPSA) is 108 Å². The lowest BCUT2D eigenvalue weighted by Crippen LogP contribution is -2.33. The Hall–Kier alpha value is -4.08. The van der Waals surface area contributed by atoms with Crippen molar-refractivity contribution < 1.29 is 19.2 Å². The van der Waals surface area contributed by atoms with Gasteiger partial charge in [0.1, 0.15) is 25.5 Å². The number of ether oxygens (including phenoxy) is 1. The molecule has 0 saturated heterocycles. The minimum atomic E-state index is -0.257. The molecule has 0 aliphatic carbocycles. The number of hydrogen-bond acceptors (Lipinski definition) is 6. The first-order valence-corrected chi connectivity index (χ1v) is 10.5. The second-order valence-electron chi connectivity index (χ2n) is 7.43. The smallest absolute Gasteiger partial charge is 0.244 e. The van der Waals surface area contributed by atoms with E-state index in [1.54, 1.807) is 18.1 Å². The zero-order valence-corrected chi connectivity index (χ0v) is 18.6. The van der Waals surface area contributed by atoms with Gasteiger partial charge >= 0.3 is 0 Å². The van der Waals surface area contributed by atoms with Crippen molar-refractivity contribution >= 4 is 17.5 Å². The van der Waals surface area contributed by atoms with Crippen LogP contribution in [0.2, 0.25) is 0 Å². The zero-order chi connectivity index (χ0) is 23.6. The molecule has 2 aromatic heterocycles. The number of rotatable bonds is 11. The third-order valence-corrected chi connectivity index (χ3v) is 4.70. The molecule has 174 valence electrons. The standard InChI is InChI=1S/C23H27N5O5/c1-18-3-5-21(6-4-18)32-14-12-26(2)23(31)17-27-16-19(15-24-27)25-22(30)9-13-33-28-10-7-20(29)8-11-28/h3-8,10-11,15-16H,9,12-14,17H2,1-2H3,(H,25,30). The molecule has 0 unspecified atom stereocenters. The minimum absolute atomic E-state index is 0.0480. The summed E-state index contributed by atoms with van der Waals surface area (Å²) in [5.74, 6) is 0.378. The molecule has 10 heteroatoms. The lowest BCUT2D eigenvalue weighted by molar-refractivity contribution is -0.131. The summed E-state index contributed by atoms with van der Waals surface area (Å²) in [6, 6.07) is 10.5. The molecule has 0 aliphatic rings. The van der Waals surface area contributed by atoms with Crippen LogP contribution in [0.5, 0.6) is 5.75 Å². The Balaban J connectivity index is 1.36. The van der Waals surface area contributed by atoms with E-state index in [1.807, 2.05) is 31.2 Å². The van der Waals surface area contributed by atoms with Gasteiger partial charge in [-0.25, -0.2) is 0 Å². The van der Waals surface area contributed by atoms with Gasteiger partial charge in [-0.15, -0.1) is 0 Å². The average molecular weight is 453 g/mol. The summed E-state index contributed by atoms with van der Waals surface area (Å²) in [5, 5.41) is 6.83. The maximum absolute atomic E-state index is 12.4. The molecule has 1 aromatic carbocycles. The number of pyridine rings is 1. The van der Waals surface area contributed by atoms with Gasteiger partial charge in [-0.3, -0.25) is 19.1 Å². The summed E-state index contributed by atoms with van der Waals surface area (Å²) in [4.78, 5) is 42.5. The van der Waals surface area contributed by atoms with Crippen molar-refractivity contribution in [3.05, 3.63) is 77.0 Å². The first-order valence-electron chi connectivity index (χ1n) is 10.5. The normalized spacial score (nSPS) is 10.5. The molecule has 10 nitrogen and oxygen atoms in total. The molecule has 2 heterocycles. The average Bonchev–Trinajstić information content (AvgIpc) is 3.22. The van der Waals surface area contributed by atoms with E-state index in [4.69, 9.17) is 9.57 Å². The minimum Gasteiger partial charge on any atom is -0.492 e. The summed E-state index contributed by atoms with van der Waals surface area (Å²) in [6.45, 7) is 3.01. The lowest BCUT2D eigenvalue weighted by Gasteiger charge is -2.17. The van der Waals surface area contributed by atoms with Gasteiger partial charge in [0.25, 0.3) is 0 Å². The molecule has 0 spiro atoms. The van der Waals surface area contributed by atoms with Gasteiger partial charge in [0.15, 0.2) is 5.43 Å². The molecule has 0 saturated carbocycles. The number of amides is 2. The maximum atomic E-state index is 12.4. The summed E-state index contributed by atoms with van der Waals surface area (Å²) in [6.07, 6.45) is 6.14. The van der Waals surface area contributed by atoms with E-state index in [2.05, 4.69) is 10.4 Å². The highest BCUT2D eigenvalue weighted by Crippen LogP contribution is 2.11. The van der Waals surface area contributed by atoms with Gasteiger partial charge in [0.2, 0.25) is 11.8 Å². The first-order chi connectivity index (χ1) is 15.9. The molecule has 0 fully saturated rings. The van der Waals surface area contributed by atoms with Crippen molar-refractivity contribution in [1.29, 1.82) is 0 Å². The molecule has 3 rings (SSSR count). The molecule has 0 radical (unpaired) electrons. The Labute approximate surface area is 191 Å². The van der Waals surface area contributed by atoms with E-state index in [9.17, 15) is 14.4 Å². The predicted molar refractivity (Wildman–Crippen MR) is 122 cm³/mol. The molecule has 1 N–H and O–H groups in total. The van der Waals surface area contributed by atoms with E-state index in [-0.39, 0.29) is 36.8 Å². The number of carbonyl (C=O) groups excluding carboxylic acids is 2. The van der Waals surface area contributed by atoms with Crippen LogP contribution in [0.4, 0.5) is 5.69 Å². The van der Waals surface area contributed by atoms with Gasteiger partial charge in [0.05, 0.1) is 24.8 Å². The number of aromatic nitrogens is 3. The number of likely N-dealkylation sites (N-methyl/N-ethyl adjacent to an activating group) is 1. The number of aryl methyl sites for hydroxylation is 1. The molecule has 0 atom stereocenters. The fourth-order valence-corrected chi connectivity index (χ4v) is 2.79. The summed E-state index contributed by atoms with van der Waals surface area (Å²) in [5.41, 5.74) is 1.52. The molecule has 2 amide bonds. The van der Waals surface area contributed by atoms with E-state index in [0.29, 0.717) is 18.8 Å². The monoisotopic (exact) mass is 453 g/mol. The Morgan fingerprint density at radius 1 is 1.09 bits per heavy atom. The highest BCUT2D eigenvalue weighted by atomic mass is 16.7. The second kappa shape index (κ2) is 11.5. The van der Waals surface area contributed by atoms with Crippen molar-refractivity contribution in [2.24, 2.45) is 0 Å².